The molecule has 1 saturated heterocycles. The molecule has 1 aliphatic heterocycles. The molecule has 0 spiro atoms. The van der Waals surface area contributed by atoms with Crippen LogP contribution in [0.3, 0.4) is 0 Å². The van der Waals surface area contributed by atoms with Gasteiger partial charge in [0.15, 0.2) is 0 Å². The van der Waals surface area contributed by atoms with Gasteiger partial charge in [-0.05, 0) is 22.3 Å². The van der Waals surface area contributed by atoms with Crippen LogP contribution in [-0.2, 0) is 19.1 Å². The molecule has 0 bridgehead atoms. The van der Waals surface area contributed by atoms with Crippen molar-refractivity contribution in [1.29, 1.82) is 0 Å². The molecule has 2 amide bonds. The number of nitrogens with one attached hydrogen (secondary N) is 2. The van der Waals surface area contributed by atoms with Gasteiger partial charge in [-0.1, -0.05) is 48.5 Å². The average molecular weight is 474 g/mol. The lowest BCUT2D eigenvalue weighted by atomic mass is 9.98. The van der Waals surface area contributed by atoms with Crippen molar-refractivity contribution in [3.05, 3.63) is 59.7 Å². The number of carbonyl (C=O) groups excluding carboxylic acids is 2. The number of carbonyl (C=O) groups is 3. The second-order valence-electron chi connectivity index (χ2n) is 8.36. The number of rotatable bonds is 8. The Bertz CT molecular complexity index is 1050. The Balaban J connectivity index is 1.35. The highest BCUT2D eigenvalue weighted by Crippen LogP contribution is 2.44. The Labute approximate surface area is 194 Å². The summed E-state index contributed by atoms with van der Waals surface area (Å²) >= 11 is 0. The second kappa shape index (κ2) is 9.76. The number of fused-ring (bicyclic) bond motifs is 3. The van der Waals surface area contributed by atoms with Crippen LogP contribution in [0.15, 0.2) is 48.5 Å². The zero-order chi connectivity index (χ0) is 24.3. The van der Waals surface area contributed by atoms with E-state index in [1.165, 1.54) is 0 Å². The van der Waals surface area contributed by atoms with Crippen LogP contribution < -0.4 is 10.6 Å². The van der Waals surface area contributed by atoms with Crippen molar-refractivity contribution in [3.8, 4) is 11.1 Å². The highest BCUT2D eigenvalue weighted by Gasteiger charge is 2.41. The number of amides is 2. The first-order valence-corrected chi connectivity index (χ1v) is 10.8. The molecule has 8 nitrogen and oxygen atoms in total. The van der Waals surface area contributed by atoms with Crippen molar-refractivity contribution in [1.82, 2.24) is 10.6 Å². The average Bonchev–Trinajstić information content (AvgIpc) is 3.32. The monoisotopic (exact) mass is 474 g/mol. The number of carboxylic acid groups (broad SMARTS) is 1. The van der Waals surface area contributed by atoms with E-state index in [2.05, 4.69) is 10.6 Å². The second-order valence-corrected chi connectivity index (χ2v) is 8.36. The minimum atomic E-state index is -2.96. The molecule has 2 aromatic carbocycles. The fourth-order valence-electron chi connectivity index (χ4n) is 4.33. The Morgan fingerprint density at radius 2 is 1.71 bits per heavy atom. The topological polar surface area (TPSA) is 114 Å². The number of hydrogen-bond acceptors (Lipinski definition) is 5. The zero-order valence-corrected chi connectivity index (χ0v) is 18.1. The summed E-state index contributed by atoms with van der Waals surface area (Å²) < 4.78 is 36.7. The Morgan fingerprint density at radius 3 is 2.26 bits per heavy atom. The fourth-order valence-corrected chi connectivity index (χ4v) is 4.33. The van der Waals surface area contributed by atoms with Crippen LogP contribution in [0.1, 0.15) is 29.9 Å². The van der Waals surface area contributed by atoms with Gasteiger partial charge in [0.25, 0.3) is 5.92 Å². The number of halogens is 2. The number of aliphatic carboxylic acids is 1. The van der Waals surface area contributed by atoms with Gasteiger partial charge in [0.1, 0.15) is 19.3 Å². The maximum Gasteiger partial charge on any atom is 0.407 e. The molecule has 10 heteroatoms. The van der Waals surface area contributed by atoms with Crippen molar-refractivity contribution in [3.63, 3.8) is 0 Å². The SMILES string of the molecule is O=C(O)CC(NC(=O)OCC1c2ccccc2-c2ccccc21)C(=O)NCC1CC(F)(F)CO1. The van der Waals surface area contributed by atoms with E-state index in [1.807, 2.05) is 48.5 Å². The van der Waals surface area contributed by atoms with Crippen molar-refractivity contribution in [2.24, 2.45) is 0 Å². The standard InChI is InChI=1S/C24H24F2N2O6/c25-24(26)10-14(34-13-24)11-27-22(31)20(9-21(29)30)28-23(32)33-12-19-17-7-3-1-5-15(17)16-6-2-4-8-18(16)19/h1-8,14,19-20H,9-13H2,(H,27,31)(H,28,32)(H,29,30). The zero-order valence-electron chi connectivity index (χ0n) is 18.1. The summed E-state index contributed by atoms with van der Waals surface area (Å²) in [5.74, 6) is -5.31. The van der Waals surface area contributed by atoms with Gasteiger partial charge in [-0.15, -0.1) is 0 Å². The molecule has 34 heavy (non-hydrogen) atoms. The summed E-state index contributed by atoms with van der Waals surface area (Å²) in [6, 6.07) is 14.1. The van der Waals surface area contributed by atoms with E-state index in [1.54, 1.807) is 0 Å². The van der Waals surface area contributed by atoms with Crippen LogP contribution in [0, 0.1) is 0 Å². The molecule has 2 unspecified atom stereocenters. The van der Waals surface area contributed by atoms with Gasteiger partial charge in [-0.25, -0.2) is 13.6 Å². The van der Waals surface area contributed by atoms with E-state index >= 15 is 0 Å². The minimum absolute atomic E-state index is 0.00767. The smallest absolute Gasteiger partial charge is 0.407 e. The number of ether oxygens (including phenoxy) is 2. The summed E-state index contributed by atoms with van der Waals surface area (Å²) in [6.45, 7) is -0.965. The van der Waals surface area contributed by atoms with Gasteiger partial charge in [-0.3, -0.25) is 9.59 Å². The Kier molecular flexibility index (Phi) is 6.78. The summed E-state index contributed by atoms with van der Waals surface area (Å²) in [4.78, 5) is 36.1. The third-order valence-electron chi connectivity index (χ3n) is 5.89. The lowest BCUT2D eigenvalue weighted by Crippen LogP contribution is -2.49. The molecule has 1 aliphatic carbocycles. The molecule has 0 radical (unpaired) electrons. The predicted molar refractivity (Wildman–Crippen MR) is 117 cm³/mol. The molecule has 0 saturated carbocycles. The summed E-state index contributed by atoms with van der Waals surface area (Å²) in [5.41, 5.74) is 4.11. The van der Waals surface area contributed by atoms with Crippen molar-refractivity contribution in [2.45, 2.75) is 36.8 Å². The maximum absolute atomic E-state index is 13.2. The highest BCUT2D eigenvalue weighted by molar-refractivity contribution is 5.89. The lowest BCUT2D eigenvalue weighted by molar-refractivity contribution is -0.139. The summed E-state index contributed by atoms with van der Waals surface area (Å²) in [7, 11) is 0. The van der Waals surface area contributed by atoms with E-state index in [0.29, 0.717) is 0 Å². The number of benzene rings is 2. The molecule has 1 heterocycles. The third-order valence-corrected chi connectivity index (χ3v) is 5.89. The molecule has 2 aliphatic rings. The predicted octanol–water partition coefficient (Wildman–Crippen LogP) is 2.91. The van der Waals surface area contributed by atoms with Crippen LogP contribution >= 0.6 is 0 Å². The van der Waals surface area contributed by atoms with Crippen LogP contribution in [-0.4, -0.2) is 60.9 Å². The molecule has 180 valence electrons. The quantitative estimate of drug-likeness (QED) is 0.542. The molecule has 4 rings (SSSR count). The molecule has 2 aromatic rings. The first kappa shape index (κ1) is 23.6. The Hall–Kier alpha value is -3.53. The van der Waals surface area contributed by atoms with Gasteiger partial charge in [0.05, 0.1) is 12.5 Å². The van der Waals surface area contributed by atoms with Crippen molar-refractivity contribution in [2.75, 3.05) is 19.8 Å². The molecule has 3 N–H and O–H groups in total. The molecular formula is C24H24F2N2O6. The minimum Gasteiger partial charge on any atom is -0.481 e. The molecule has 0 aromatic heterocycles. The maximum atomic E-state index is 13.2. The number of alkyl carbamates (subject to hydrolysis) is 1. The number of alkyl halides is 2. The highest BCUT2D eigenvalue weighted by atomic mass is 19.3. The van der Waals surface area contributed by atoms with E-state index in [-0.39, 0.29) is 19.1 Å². The number of carboxylic acids is 1. The summed E-state index contributed by atoms with van der Waals surface area (Å²) in [6.07, 6.45) is -3.08. The van der Waals surface area contributed by atoms with E-state index in [4.69, 9.17) is 14.6 Å². The van der Waals surface area contributed by atoms with Gasteiger partial charge in [0, 0.05) is 18.9 Å². The van der Waals surface area contributed by atoms with E-state index in [0.717, 1.165) is 22.3 Å². The van der Waals surface area contributed by atoms with Gasteiger partial charge >= 0.3 is 12.1 Å². The fraction of sp³-hybridized carbons (Fsp3) is 0.375. The number of hydrogen-bond donors (Lipinski definition) is 3. The first-order chi connectivity index (χ1) is 16.2. The van der Waals surface area contributed by atoms with Gasteiger partial charge < -0.3 is 25.2 Å². The van der Waals surface area contributed by atoms with Gasteiger partial charge in [-0.2, -0.15) is 0 Å². The van der Waals surface area contributed by atoms with Crippen molar-refractivity contribution < 1.29 is 37.7 Å². The lowest BCUT2D eigenvalue weighted by Gasteiger charge is -2.19. The van der Waals surface area contributed by atoms with Crippen LogP contribution in [0.5, 0.6) is 0 Å². The van der Waals surface area contributed by atoms with Gasteiger partial charge in [0.2, 0.25) is 5.91 Å². The van der Waals surface area contributed by atoms with E-state index < -0.39 is 55.5 Å². The Morgan fingerprint density at radius 1 is 1.09 bits per heavy atom. The molecule has 1 fully saturated rings. The first-order valence-electron chi connectivity index (χ1n) is 10.8. The third kappa shape index (κ3) is 5.33. The van der Waals surface area contributed by atoms with Crippen molar-refractivity contribution >= 4 is 18.0 Å². The summed E-state index contributed by atoms with van der Waals surface area (Å²) in [5, 5.41) is 13.8. The van der Waals surface area contributed by atoms with Crippen LogP contribution in [0.2, 0.25) is 0 Å². The molecular weight excluding hydrogens is 450 g/mol. The largest absolute Gasteiger partial charge is 0.481 e. The van der Waals surface area contributed by atoms with E-state index in [9.17, 15) is 23.2 Å². The van der Waals surface area contributed by atoms with Crippen LogP contribution in [0.4, 0.5) is 13.6 Å². The molecule has 2 atom stereocenters. The van der Waals surface area contributed by atoms with Crippen LogP contribution in [0.25, 0.3) is 11.1 Å². The normalized spacial score (nSPS) is 19.1.